The van der Waals surface area contributed by atoms with Gasteiger partial charge in [0.05, 0.1) is 11.1 Å². The molecule has 0 aliphatic carbocycles. The minimum atomic E-state index is -0.727. The van der Waals surface area contributed by atoms with Crippen LogP contribution in [0.4, 0.5) is 11.5 Å². The molecule has 26 heavy (non-hydrogen) atoms. The number of nitrogens with one attached hydrogen (secondary N) is 1. The molecule has 0 bridgehead atoms. The van der Waals surface area contributed by atoms with Gasteiger partial charge in [0.15, 0.2) is 11.4 Å². The quantitative estimate of drug-likeness (QED) is 0.341. The van der Waals surface area contributed by atoms with E-state index in [9.17, 15) is 15.2 Å². The number of fused-ring (bicyclic) bond motifs is 3. The molecule has 4 rings (SSSR count). The number of para-hydroxylation sites is 1. The van der Waals surface area contributed by atoms with Gasteiger partial charge >= 0.3 is 0 Å². The molecule has 0 saturated carbocycles. The summed E-state index contributed by atoms with van der Waals surface area (Å²) in [4.78, 5) is 18.4. The maximum Gasteiger partial charge on any atom is 0.262 e. The number of hydrogen-bond donors (Lipinski definition) is 1. The highest BCUT2D eigenvalue weighted by Gasteiger charge is 2.12. The lowest BCUT2D eigenvalue weighted by Crippen LogP contribution is -1.99. The van der Waals surface area contributed by atoms with Crippen LogP contribution in [0, 0.1) is 10.1 Å². The van der Waals surface area contributed by atoms with E-state index in [0.717, 1.165) is 17.5 Å². The fraction of sp³-hybridized carbons (Fsp3) is 0. The predicted molar refractivity (Wildman–Crippen MR) is 93.1 cm³/mol. The van der Waals surface area contributed by atoms with Crippen molar-refractivity contribution in [1.82, 2.24) is 9.97 Å². The maximum atomic E-state index is 11.4. The zero-order valence-electron chi connectivity index (χ0n) is 13.1. The third-order valence-electron chi connectivity index (χ3n) is 3.72. The summed E-state index contributed by atoms with van der Waals surface area (Å²) in [6.45, 7) is 0. The van der Waals surface area contributed by atoms with Crippen LogP contribution in [-0.4, -0.2) is 21.1 Å². The highest BCUT2D eigenvalue weighted by Crippen LogP contribution is 2.30. The van der Waals surface area contributed by atoms with Crippen molar-refractivity contribution in [2.75, 3.05) is 5.43 Å². The largest absolute Gasteiger partial charge is 0.868 e. The van der Waals surface area contributed by atoms with Crippen LogP contribution in [0.2, 0.25) is 0 Å². The summed E-state index contributed by atoms with van der Waals surface area (Å²) in [5, 5.41) is 27.1. The van der Waals surface area contributed by atoms with Gasteiger partial charge < -0.3 is 9.52 Å². The number of nitro benzene ring substituents is 1. The van der Waals surface area contributed by atoms with Crippen molar-refractivity contribution in [2.45, 2.75) is 0 Å². The summed E-state index contributed by atoms with van der Waals surface area (Å²) in [6, 6.07) is 11.2. The molecule has 0 unspecified atom stereocenters. The second-order valence-electron chi connectivity index (χ2n) is 5.35. The zero-order valence-corrected chi connectivity index (χ0v) is 13.1. The van der Waals surface area contributed by atoms with Gasteiger partial charge in [0.2, 0.25) is 0 Å². The van der Waals surface area contributed by atoms with Crippen molar-refractivity contribution in [2.24, 2.45) is 5.10 Å². The second-order valence-corrected chi connectivity index (χ2v) is 5.35. The van der Waals surface area contributed by atoms with Crippen molar-refractivity contribution in [3.63, 3.8) is 0 Å². The number of anilines is 1. The second kappa shape index (κ2) is 6.13. The lowest BCUT2D eigenvalue weighted by molar-refractivity contribution is -0.398. The van der Waals surface area contributed by atoms with E-state index in [1.807, 2.05) is 24.3 Å². The SMILES string of the molecule is O=[N+]([O-])c1cc(/C=N\Nc2ncnc3c2oc2ccccc23)ccc1[O-]. The van der Waals surface area contributed by atoms with Crippen LogP contribution in [0.3, 0.4) is 0 Å². The standard InChI is InChI=1S/C17H11N5O4/c23-13-6-5-10(7-12(13)22(24)25)8-20-21-17-16-15(18-9-19-17)11-3-1-2-4-14(11)26-16/h1-9,23H,(H,18,19,21)/p-1/b20-8-. The van der Waals surface area contributed by atoms with Crippen LogP contribution < -0.4 is 10.5 Å². The number of nitrogens with zero attached hydrogens (tertiary/aromatic N) is 4. The summed E-state index contributed by atoms with van der Waals surface area (Å²) in [5.41, 5.74) is 4.42. The van der Waals surface area contributed by atoms with Crippen molar-refractivity contribution in [1.29, 1.82) is 0 Å². The normalized spacial score (nSPS) is 11.4. The molecule has 0 spiro atoms. The Labute approximate surface area is 145 Å². The molecular formula is C17H10N5O4-. The summed E-state index contributed by atoms with van der Waals surface area (Å²) in [7, 11) is 0. The van der Waals surface area contributed by atoms with Crippen molar-refractivity contribution in [3.8, 4) is 5.75 Å². The molecule has 2 aromatic carbocycles. The first-order chi connectivity index (χ1) is 12.6. The number of rotatable bonds is 4. The van der Waals surface area contributed by atoms with Crippen molar-refractivity contribution >= 4 is 39.8 Å². The van der Waals surface area contributed by atoms with E-state index in [4.69, 9.17) is 4.42 Å². The van der Waals surface area contributed by atoms with E-state index in [2.05, 4.69) is 20.5 Å². The third kappa shape index (κ3) is 2.67. The number of benzene rings is 2. The molecule has 0 saturated heterocycles. The van der Waals surface area contributed by atoms with E-state index in [1.54, 1.807) is 0 Å². The highest BCUT2D eigenvalue weighted by atomic mass is 16.6. The third-order valence-corrected chi connectivity index (χ3v) is 3.72. The summed E-state index contributed by atoms with van der Waals surface area (Å²) < 4.78 is 5.76. The van der Waals surface area contributed by atoms with Crippen LogP contribution in [-0.2, 0) is 0 Å². The summed E-state index contributed by atoms with van der Waals surface area (Å²) in [6.07, 6.45) is 2.74. The van der Waals surface area contributed by atoms with Crippen molar-refractivity contribution < 1.29 is 14.4 Å². The fourth-order valence-corrected chi connectivity index (χ4v) is 2.53. The first-order valence-electron chi connectivity index (χ1n) is 7.50. The smallest absolute Gasteiger partial charge is 0.262 e. The minimum Gasteiger partial charge on any atom is -0.868 e. The van der Waals surface area contributed by atoms with Gasteiger partial charge in [0.25, 0.3) is 5.69 Å². The van der Waals surface area contributed by atoms with Crippen molar-refractivity contribution in [3.05, 3.63) is 64.5 Å². The Morgan fingerprint density at radius 2 is 2.04 bits per heavy atom. The predicted octanol–water partition coefficient (Wildman–Crippen LogP) is 2.80. The molecule has 4 aromatic rings. The van der Waals surface area contributed by atoms with Gasteiger partial charge in [-0.15, -0.1) is 0 Å². The molecule has 2 aromatic heterocycles. The average Bonchev–Trinajstić information content (AvgIpc) is 3.02. The Hall–Kier alpha value is -4.01. The minimum absolute atomic E-state index is 0.359. The van der Waals surface area contributed by atoms with Crippen LogP contribution in [0.15, 0.2) is 58.3 Å². The average molecular weight is 348 g/mol. The molecule has 0 atom stereocenters. The summed E-state index contributed by atoms with van der Waals surface area (Å²) >= 11 is 0. The topological polar surface area (TPSA) is 130 Å². The molecule has 0 amide bonds. The Balaban J connectivity index is 1.65. The van der Waals surface area contributed by atoms with Gasteiger partial charge in [0.1, 0.15) is 17.4 Å². The van der Waals surface area contributed by atoms with Gasteiger partial charge in [-0.1, -0.05) is 24.3 Å². The van der Waals surface area contributed by atoms with Gasteiger partial charge in [-0.3, -0.25) is 15.5 Å². The van der Waals surface area contributed by atoms with Crippen LogP contribution >= 0.6 is 0 Å². The molecule has 0 radical (unpaired) electrons. The Kier molecular flexibility index (Phi) is 3.66. The highest BCUT2D eigenvalue weighted by molar-refractivity contribution is 6.05. The van der Waals surface area contributed by atoms with E-state index in [-0.39, 0.29) is 0 Å². The molecule has 9 heteroatoms. The van der Waals surface area contributed by atoms with Gasteiger partial charge in [-0.2, -0.15) is 5.10 Å². The number of nitro groups is 1. The lowest BCUT2D eigenvalue weighted by Gasteiger charge is -2.06. The Bertz CT molecular complexity index is 1170. The number of furan rings is 1. The monoisotopic (exact) mass is 348 g/mol. The van der Waals surface area contributed by atoms with E-state index >= 15 is 0 Å². The van der Waals surface area contributed by atoms with Crippen LogP contribution in [0.5, 0.6) is 5.75 Å². The van der Waals surface area contributed by atoms with Gasteiger partial charge in [0, 0.05) is 17.0 Å². The van der Waals surface area contributed by atoms with E-state index in [1.165, 1.54) is 18.6 Å². The maximum absolute atomic E-state index is 11.4. The van der Waals surface area contributed by atoms with Crippen LogP contribution in [0.25, 0.3) is 22.1 Å². The molecule has 0 aliphatic heterocycles. The number of hydrazone groups is 1. The van der Waals surface area contributed by atoms with Gasteiger partial charge in [-0.05, 0) is 17.9 Å². The van der Waals surface area contributed by atoms with E-state index < -0.39 is 16.4 Å². The Morgan fingerprint density at radius 3 is 2.88 bits per heavy atom. The number of aromatic nitrogens is 2. The molecular weight excluding hydrogens is 338 g/mol. The molecule has 0 fully saturated rings. The molecule has 128 valence electrons. The molecule has 1 N–H and O–H groups in total. The van der Waals surface area contributed by atoms with Gasteiger partial charge in [-0.25, -0.2) is 9.97 Å². The van der Waals surface area contributed by atoms with E-state index in [0.29, 0.717) is 28.1 Å². The van der Waals surface area contributed by atoms with Crippen LogP contribution in [0.1, 0.15) is 5.56 Å². The first kappa shape index (κ1) is 15.5. The molecule has 9 nitrogen and oxygen atoms in total. The Morgan fingerprint density at radius 1 is 1.19 bits per heavy atom. The number of hydrogen-bond acceptors (Lipinski definition) is 8. The fourth-order valence-electron chi connectivity index (χ4n) is 2.53. The summed E-state index contributed by atoms with van der Waals surface area (Å²) in [5.74, 6) is -0.294. The lowest BCUT2D eigenvalue weighted by atomic mass is 10.2. The molecule has 0 aliphatic rings. The zero-order chi connectivity index (χ0) is 18.1. The first-order valence-corrected chi connectivity index (χ1v) is 7.50. The molecule has 2 heterocycles.